The lowest BCUT2D eigenvalue weighted by molar-refractivity contribution is -0.137. The molecule has 0 unspecified atom stereocenters. The second-order valence-electron chi connectivity index (χ2n) is 3.06. The lowest BCUT2D eigenvalue weighted by atomic mass is 10.1. The molecule has 87 valence electrons. The van der Waals surface area contributed by atoms with Crippen LogP contribution in [0, 0.1) is 6.92 Å². The van der Waals surface area contributed by atoms with E-state index in [-0.39, 0.29) is 12.2 Å². The summed E-state index contributed by atoms with van der Waals surface area (Å²) >= 11 is 0. The van der Waals surface area contributed by atoms with Crippen LogP contribution in [0.2, 0.25) is 0 Å². The maximum atomic E-state index is 12.5. The van der Waals surface area contributed by atoms with Gasteiger partial charge in [0.25, 0.3) is 0 Å². The molecule has 0 aromatic heterocycles. The van der Waals surface area contributed by atoms with Gasteiger partial charge in [0.05, 0.1) is 12.2 Å². The summed E-state index contributed by atoms with van der Waals surface area (Å²) in [6, 6.07) is 5.41. The van der Waals surface area contributed by atoms with Crippen LogP contribution in [-0.2, 0) is 10.9 Å². The van der Waals surface area contributed by atoms with Gasteiger partial charge >= 0.3 is 6.18 Å². The SMILES string of the molecule is [CH2]COCC=Cc1ccccc1C(F)(F)F. The zero-order valence-corrected chi connectivity index (χ0v) is 8.63. The van der Waals surface area contributed by atoms with E-state index in [1.807, 2.05) is 0 Å². The number of rotatable bonds is 4. The van der Waals surface area contributed by atoms with Crippen LogP contribution in [0.4, 0.5) is 13.2 Å². The summed E-state index contributed by atoms with van der Waals surface area (Å²) in [7, 11) is 0. The van der Waals surface area contributed by atoms with E-state index in [9.17, 15) is 13.2 Å². The molecule has 0 spiro atoms. The van der Waals surface area contributed by atoms with Crippen LogP contribution in [0.15, 0.2) is 30.3 Å². The van der Waals surface area contributed by atoms with Crippen molar-refractivity contribution in [1.29, 1.82) is 0 Å². The molecule has 1 aromatic rings. The minimum atomic E-state index is -4.33. The first-order valence-electron chi connectivity index (χ1n) is 4.75. The van der Waals surface area contributed by atoms with Crippen LogP contribution in [0.1, 0.15) is 11.1 Å². The van der Waals surface area contributed by atoms with E-state index in [1.54, 1.807) is 6.07 Å². The number of hydrogen-bond donors (Lipinski definition) is 0. The second kappa shape index (κ2) is 5.70. The third-order valence-corrected chi connectivity index (χ3v) is 1.92. The molecule has 0 heterocycles. The molecule has 1 rings (SSSR count). The highest BCUT2D eigenvalue weighted by atomic mass is 19.4. The van der Waals surface area contributed by atoms with Crippen molar-refractivity contribution in [2.75, 3.05) is 13.2 Å². The van der Waals surface area contributed by atoms with Crippen molar-refractivity contribution in [3.05, 3.63) is 48.4 Å². The molecule has 0 aliphatic rings. The molecule has 0 amide bonds. The number of ether oxygens (including phenoxy) is 1. The Bertz CT molecular complexity index is 356. The summed E-state index contributed by atoms with van der Waals surface area (Å²) in [4.78, 5) is 0. The fourth-order valence-electron chi connectivity index (χ4n) is 1.23. The van der Waals surface area contributed by atoms with E-state index >= 15 is 0 Å². The van der Waals surface area contributed by atoms with Crippen molar-refractivity contribution in [2.45, 2.75) is 6.18 Å². The first kappa shape index (κ1) is 12.8. The zero-order valence-electron chi connectivity index (χ0n) is 8.63. The first-order valence-corrected chi connectivity index (χ1v) is 4.75. The summed E-state index contributed by atoms with van der Waals surface area (Å²) in [5.41, 5.74) is -0.497. The third kappa shape index (κ3) is 3.70. The predicted octanol–water partition coefficient (Wildman–Crippen LogP) is 3.57. The van der Waals surface area contributed by atoms with Gasteiger partial charge in [-0.25, -0.2) is 0 Å². The molecule has 0 saturated carbocycles. The van der Waals surface area contributed by atoms with Gasteiger partial charge in [-0.3, -0.25) is 0 Å². The summed E-state index contributed by atoms with van der Waals surface area (Å²) in [6.07, 6.45) is -1.39. The lowest BCUT2D eigenvalue weighted by Gasteiger charge is -2.09. The number of halogens is 3. The summed E-state index contributed by atoms with van der Waals surface area (Å²) < 4.78 is 42.5. The molecule has 0 atom stereocenters. The molecule has 0 aliphatic carbocycles. The van der Waals surface area contributed by atoms with Gasteiger partial charge < -0.3 is 4.74 Å². The molecule has 1 radical (unpaired) electrons. The number of alkyl halides is 3. The average molecular weight is 229 g/mol. The van der Waals surface area contributed by atoms with E-state index in [0.29, 0.717) is 6.61 Å². The summed E-state index contributed by atoms with van der Waals surface area (Å²) in [6.45, 7) is 4.01. The Morgan fingerprint density at radius 1 is 1.25 bits per heavy atom. The Morgan fingerprint density at radius 2 is 1.94 bits per heavy atom. The minimum Gasteiger partial charge on any atom is -0.377 e. The molecular formula is C12H12F3O. The predicted molar refractivity (Wildman–Crippen MR) is 56.7 cm³/mol. The van der Waals surface area contributed by atoms with Crippen molar-refractivity contribution in [1.82, 2.24) is 0 Å². The van der Waals surface area contributed by atoms with Gasteiger partial charge in [-0.05, 0) is 18.6 Å². The fourth-order valence-corrected chi connectivity index (χ4v) is 1.23. The van der Waals surface area contributed by atoms with Crippen LogP contribution < -0.4 is 0 Å². The van der Waals surface area contributed by atoms with Crippen molar-refractivity contribution in [2.24, 2.45) is 0 Å². The molecule has 0 N–H and O–H groups in total. The Balaban J connectivity index is 2.83. The van der Waals surface area contributed by atoms with E-state index in [4.69, 9.17) is 4.74 Å². The van der Waals surface area contributed by atoms with Crippen LogP contribution in [-0.4, -0.2) is 13.2 Å². The van der Waals surface area contributed by atoms with Gasteiger partial charge in [0.2, 0.25) is 0 Å². The first-order chi connectivity index (χ1) is 7.55. The quantitative estimate of drug-likeness (QED) is 0.717. The fraction of sp³-hybridized carbons (Fsp3) is 0.250. The third-order valence-electron chi connectivity index (χ3n) is 1.92. The van der Waals surface area contributed by atoms with Crippen molar-refractivity contribution < 1.29 is 17.9 Å². The van der Waals surface area contributed by atoms with Crippen molar-refractivity contribution in [3.63, 3.8) is 0 Å². The molecule has 4 heteroatoms. The van der Waals surface area contributed by atoms with E-state index < -0.39 is 11.7 Å². The Labute approximate surface area is 92.5 Å². The van der Waals surface area contributed by atoms with Gasteiger partial charge in [0.15, 0.2) is 0 Å². The maximum absolute atomic E-state index is 12.5. The van der Waals surface area contributed by atoms with Gasteiger partial charge in [0.1, 0.15) is 0 Å². The average Bonchev–Trinajstić information content (AvgIpc) is 2.24. The normalized spacial score (nSPS) is 12.2. The maximum Gasteiger partial charge on any atom is 0.416 e. The molecular weight excluding hydrogens is 217 g/mol. The molecule has 0 saturated heterocycles. The smallest absolute Gasteiger partial charge is 0.377 e. The minimum absolute atomic E-state index is 0.141. The Morgan fingerprint density at radius 3 is 2.56 bits per heavy atom. The van der Waals surface area contributed by atoms with Crippen molar-refractivity contribution in [3.8, 4) is 0 Å². The van der Waals surface area contributed by atoms with Crippen LogP contribution in [0.25, 0.3) is 6.08 Å². The van der Waals surface area contributed by atoms with E-state index in [1.165, 1.54) is 24.3 Å². The molecule has 0 aliphatic heterocycles. The number of benzene rings is 1. The summed E-state index contributed by atoms with van der Waals surface area (Å²) in [5.74, 6) is 0. The monoisotopic (exact) mass is 229 g/mol. The van der Waals surface area contributed by atoms with E-state index in [2.05, 4.69) is 6.92 Å². The highest BCUT2D eigenvalue weighted by Gasteiger charge is 2.32. The standard InChI is InChI=1S/C12H12F3O/c1-2-16-9-5-7-10-6-3-4-8-11(10)12(13,14)15/h3-8H,1-2,9H2. The summed E-state index contributed by atoms with van der Waals surface area (Å²) in [5, 5.41) is 0. The molecule has 0 fully saturated rings. The Hall–Kier alpha value is -1.29. The molecule has 1 nitrogen and oxygen atoms in total. The molecule has 16 heavy (non-hydrogen) atoms. The van der Waals surface area contributed by atoms with Gasteiger partial charge in [-0.15, -0.1) is 0 Å². The van der Waals surface area contributed by atoms with E-state index in [0.717, 1.165) is 6.07 Å². The largest absolute Gasteiger partial charge is 0.416 e. The topological polar surface area (TPSA) is 9.23 Å². The van der Waals surface area contributed by atoms with Crippen LogP contribution >= 0.6 is 0 Å². The van der Waals surface area contributed by atoms with Crippen LogP contribution in [0.3, 0.4) is 0 Å². The van der Waals surface area contributed by atoms with Gasteiger partial charge in [0, 0.05) is 6.61 Å². The lowest BCUT2D eigenvalue weighted by Crippen LogP contribution is -2.06. The van der Waals surface area contributed by atoms with Crippen LogP contribution in [0.5, 0.6) is 0 Å². The van der Waals surface area contributed by atoms with Crippen molar-refractivity contribution >= 4 is 6.08 Å². The molecule has 0 bridgehead atoms. The highest BCUT2D eigenvalue weighted by Crippen LogP contribution is 2.32. The Kier molecular flexibility index (Phi) is 4.55. The molecule has 1 aromatic carbocycles. The van der Waals surface area contributed by atoms with Gasteiger partial charge in [-0.2, -0.15) is 13.2 Å². The second-order valence-corrected chi connectivity index (χ2v) is 3.06. The van der Waals surface area contributed by atoms with Gasteiger partial charge in [-0.1, -0.05) is 30.4 Å². The zero-order chi connectivity index (χ0) is 12.0. The number of hydrogen-bond acceptors (Lipinski definition) is 1. The highest BCUT2D eigenvalue weighted by molar-refractivity contribution is 5.54.